The van der Waals surface area contributed by atoms with Gasteiger partial charge in [-0.1, -0.05) is 23.7 Å². The molecular weight excluding hydrogens is 507 g/mol. The number of aromatic nitrogens is 2. The van der Waals surface area contributed by atoms with E-state index in [-0.39, 0.29) is 42.0 Å². The van der Waals surface area contributed by atoms with Crippen LogP contribution in [0.4, 0.5) is 10.1 Å². The summed E-state index contributed by atoms with van der Waals surface area (Å²) in [4.78, 5) is 50.7. The molecule has 0 atom stereocenters. The van der Waals surface area contributed by atoms with Gasteiger partial charge in [0.25, 0.3) is 5.91 Å². The highest BCUT2D eigenvalue weighted by atomic mass is 35.5. The van der Waals surface area contributed by atoms with E-state index >= 15 is 0 Å². The van der Waals surface area contributed by atoms with Gasteiger partial charge in [-0.15, -0.1) is 0 Å². The average Bonchev–Trinajstić information content (AvgIpc) is 3.65. The lowest BCUT2D eigenvalue weighted by Crippen LogP contribution is -2.43. The first-order valence-corrected chi connectivity index (χ1v) is 11.8. The van der Waals surface area contributed by atoms with Crippen molar-refractivity contribution in [1.82, 2.24) is 20.0 Å². The van der Waals surface area contributed by atoms with Gasteiger partial charge in [0.1, 0.15) is 19.0 Å². The smallest absolute Gasteiger partial charge is 0.269 e. The predicted octanol–water partition coefficient (Wildman–Crippen LogP) is 1.17. The first kappa shape index (κ1) is 26.0. The van der Waals surface area contributed by atoms with Crippen molar-refractivity contribution >= 4 is 51.8 Å². The van der Waals surface area contributed by atoms with E-state index in [1.54, 1.807) is 12.1 Å². The van der Waals surface area contributed by atoms with Crippen LogP contribution in [0.3, 0.4) is 0 Å². The second-order valence-corrected chi connectivity index (χ2v) is 8.96. The number of benzene rings is 2. The van der Waals surface area contributed by atoms with Gasteiger partial charge in [0, 0.05) is 29.2 Å². The van der Waals surface area contributed by atoms with Crippen LogP contribution in [0.25, 0.3) is 10.9 Å². The van der Waals surface area contributed by atoms with Crippen molar-refractivity contribution in [2.24, 2.45) is 5.73 Å². The van der Waals surface area contributed by atoms with E-state index in [1.165, 1.54) is 33.8 Å². The molecule has 1 aliphatic rings. The molecule has 5 N–H and O–H groups in total. The number of anilines is 1. The average molecular weight is 531 g/mol. The number of primary amides is 1. The second-order valence-electron chi connectivity index (χ2n) is 8.55. The molecule has 1 aromatic heterocycles. The number of rotatable bonds is 10. The standard InChI is InChI=1S/C24H24ClFN6O5/c25-17-3-1-2-13(22(17)26)9-28-19(34)10-31(15-5-6-15)21(36)11-32-18-7-4-14(29-20(35)12-33)8-16(18)23(30-32)24(27)37/h1-4,7-8,15,33H,5-6,9-12H2,(H2,27,37)(H,28,34)(H,29,35). The maximum absolute atomic E-state index is 14.1. The number of amides is 4. The van der Waals surface area contributed by atoms with Crippen molar-refractivity contribution in [3.05, 3.63) is 58.5 Å². The van der Waals surface area contributed by atoms with Gasteiger partial charge in [0.05, 0.1) is 17.1 Å². The number of hydrogen-bond donors (Lipinski definition) is 4. The van der Waals surface area contributed by atoms with Gasteiger partial charge in [-0.05, 0) is 37.1 Å². The lowest BCUT2D eigenvalue weighted by Gasteiger charge is -2.22. The van der Waals surface area contributed by atoms with Crippen molar-refractivity contribution in [3.63, 3.8) is 0 Å². The van der Waals surface area contributed by atoms with E-state index in [2.05, 4.69) is 15.7 Å². The number of aliphatic hydroxyl groups excluding tert-OH is 1. The van der Waals surface area contributed by atoms with Crippen molar-refractivity contribution in [2.45, 2.75) is 32.0 Å². The van der Waals surface area contributed by atoms with Crippen molar-refractivity contribution in [1.29, 1.82) is 0 Å². The van der Waals surface area contributed by atoms with E-state index in [0.29, 0.717) is 16.6 Å². The molecule has 1 saturated carbocycles. The molecule has 0 spiro atoms. The van der Waals surface area contributed by atoms with Crippen LogP contribution >= 0.6 is 11.6 Å². The summed E-state index contributed by atoms with van der Waals surface area (Å²) < 4.78 is 15.4. The predicted molar refractivity (Wildman–Crippen MR) is 132 cm³/mol. The first-order chi connectivity index (χ1) is 17.7. The van der Waals surface area contributed by atoms with Gasteiger partial charge in [-0.2, -0.15) is 5.10 Å². The maximum atomic E-state index is 14.1. The third-order valence-electron chi connectivity index (χ3n) is 5.83. The molecule has 0 saturated heterocycles. The quantitative estimate of drug-likeness (QED) is 0.308. The van der Waals surface area contributed by atoms with E-state index in [1.807, 2.05) is 0 Å². The largest absolute Gasteiger partial charge is 0.387 e. The van der Waals surface area contributed by atoms with Crippen LogP contribution in [0.5, 0.6) is 0 Å². The van der Waals surface area contributed by atoms with Crippen molar-refractivity contribution in [3.8, 4) is 0 Å². The number of nitrogens with one attached hydrogen (secondary N) is 2. The normalized spacial score (nSPS) is 12.8. The van der Waals surface area contributed by atoms with Crippen LogP contribution in [0.1, 0.15) is 28.9 Å². The molecule has 1 aliphatic carbocycles. The number of nitrogens with zero attached hydrogens (tertiary/aromatic N) is 3. The van der Waals surface area contributed by atoms with Crippen LogP contribution in [0.2, 0.25) is 5.02 Å². The van der Waals surface area contributed by atoms with Crippen LogP contribution in [0, 0.1) is 5.82 Å². The van der Waals surface area contributed by atoms with Crippen LogP contribution in [0.15, 0.2) is 36.4 Å². The summed E-state index contributed by atoms with van der Waals surface area (Å²) in [6.45, 7) is -1.30. The summed E-state index contributed by atoms with van der Waals surface area (Å²) in [6, 6.07) is 8.94. The number of carbonyl (C=O) groups excluding carboxylic acids is 4. The molecule has 4 rings (SSSR count). The highest BCUT2D eigenvalue weighted by Gasteiger charge is 2.34. The third-order valence-corrected chi connectivity index (χ3v) is 6.12. The van der Waals surface area contributed by atoms with Crippen LogP contribution in [-0.4, -0.2) is 62.6 Å². The third kappa shape index (κ3) is 6.04. The number of nitrogens with two attached hydrogens (primary N) is 1. The number of fused-ring (bicyclic) bond motifs is 1. The van der Waals surface area contributed by atoms with Crippen LogP contribution in [-0.2, 0) is 27.5 Å². The minimum absolute atomic E-state index is 0.0498. The van der Waals surface area contributed by atoms with Crippen molar-refractivity contribution in [2.75, 3.05) is 18.5 Å². The molecule has 37 heavy (non-hydrogen) atoms. The van der Waals surface area contributed by atoms with E-state index < -0.39 is 36.1 Å². The molecule has 0 bridgehead atoms. The zero-order valence-corrected chi connectivity index (χ0v) is 20.3. The Morgan fingerprint density at radius 2 is 1.95 bits per heavy atom. The number of carbonyl (C=O) groups is 4. The summed E-state index contributed by atoms with van der Waals surface area (Å²) in [6.07, 6.45) is 1.48. The Morgan fingerprint density at radius 3 is 2.62 bits per heavy atom. The minimum Gasteiger partial charge on any atom is -0.387 e. The first-order valence-electron chi connectivity index (χ1n) is 11.4. The van der Waals surface area contributed by atoms with E-state index in [9.17, 15) is 23.6 Å². The lowest BCUT2D eigenvalue weighted by atomic mass is 10.1. The Balaban J connectivity index is 1.48. The zero-order chi connectivity index (χ0) is 26.7. The number of aliphatic hydroxyl groups is 1. The number of halogens is 2. The molecule has 0 aliphatic heterocycles. The van der Waals surface area contributed by atoms with Gasteiger partial charge >= 0.3 is 0 Å². The molecule has 0 unspecified atom stereocenters. The molecule has 194 valence electrons. The summed E-state index contributed by atoms with van der Waals surface area (Å²) in [5, 5.41) is 18.5. The van der Waals surface area contributed by atoms with E-state index in [0.717, 1.165) is 12.8 Å². The molecule has 0 radical (unpaired) electrons. The van der Waals surface area contributed by atoms with Gasteiger partial charge in [-0.3, -0.25) is 23.9 Å². The summed E-state index contributed by atoms with van der Waals surface area (Å²) in [7, 11) is 0. The Morgan fingerprint density at radius 1 is 1.19 bits per heavy atom. The molecule has 4 amide bonds. The number of hydrogen-bond acceptors (Lipinski definition) is 6. The second kappa shape index (κ2) is 10.9. The topological polar surface area (TPSA) is 160 Å². The fraction of sp³-hybridized carbons (Fsp3) is 0.292. The van der Waals surface area contributed by atoms with Crippen LogP contribution < -0.4 is 16.4 Å². The Labute approximate surface area is 215 Å². The Bertz CT molecular complexity index is 1390. The highest BCUT2D eigenvalue weighted by molar-refractivity contribution is 6.30. The van der Waals surface area contributed by atoms with Gasteiger partial charge < -0.3 is 26.4 Å². The highest BCUT2D eigenvalue weighted by Crippen LogP contribution is 2.28. The van der Waals surface area contributed by atoms with Gasteiger partial charge in [0.2, 0.25) is 17.7 Å². The zero-order valence-electron chi connectivity index (χ0n) is 19.5. The molecule has 13 heteroatoms. The molecule has 2 aromatic carbocycles. The molecular formula is C24H24ClFN6O5. The van der Waals surface area contributed by atoms with Crippen molar-refractivity contribution < 1.29 is 28.7 Å². The minimum atomic E-state index is -0.825. The maximum Gasteiger partial charge on any atom is 0.269 e. The van der Waals surface area contributed by atoms with E-state index in [4.69, 9.17) is 22.4 Å². The molecule has 1 heterocycles. The molecule has 11 nitrogen and oxygen atoms in total. The van der Waals surface area contributed by atoms with Gasteiger partial charge in [0.15, 0.2) is 5.69 Å². The summed E-state index contributed by atoms with van der Waals surface area (Å²) >= 11 is 5.78. The molecule has 1 fully saturated rings. The summed E-state index contributed by atoms with van der Waals surface area (Å²) in [5.74, 6) is -2.95. The Hall–Kier alpha value is -4.03. The lowest BCUT2D eigenvalue weighted by molar-refractivity contribution is -0.137. The van der Waals surface area contributed by atoms with Gasteiger partial charge in [-0.25, -0.2) is 4.39 Å². The molecule has 3 aromatic rings. The Kier molecular flexibility index (Phi) is 7.69. The fourth-order valence-electron chi connectivity index (χ4n) is 3.88. The monoisotopic (exact) mass is 530 g/mol. The fourth-order valence-corrected chi connectivity index (χ4v) is 4.07. The summed E-state index contributed by atoms with van der Waals surface area (Å²) in [5.41, 5.74) is 6.32. The SMILES string of the molecule is NC(=O)c1nn(CC(=O)N(CC(=O)NCc2cccc(Cl)c2F)C2CC2)c2ccc(NC(=O)CO)cc12.